The normalized spacial score (nSPS) is 16.5. The van der Waals surface area contributed by atoms with E-state index in [1.807, 2.05) is 0 Å². The summed E-state index contributed by atoms with van der Waals surface area (Å²) >= 11 is 0. The zero-order valence-electron chi connectivity index (χ0n) is 20.9. The molecule has 0 N–H and O–H groups in total. The number of anilines is 1. The summed E-state index contributed by atoms with van der Waals surface area (Å²) in [7, 11) is 0. The maximum atomic E-state index is 5.24. The van der Waals surface area contributed by atoms with E-state index in [4.69, 9.17) is 9.97 Å². The van der Waals surface area contributed by atoms with Crippen LogP contribution in [0.15, 0.2) is 48.7 Å². The topological polar surface area (TPSA) is 32.3 Å². The molecule has 0 unspecified atom stereocenters. The second-order valence-corrected chi connectivity index (χ2v) is 9.85. The Bertz CT molecular complexity index is 1090. The standard InChI is InChI=1S/C30H38N4/c1-3-23-13-10-14-24(4-2)28(23)19-29-31-20-27(30(32-29)34-16-8-5-9-17-34)22-33-18-15-25-11-6-7-12-26(25)21-33/h6-7,10-14,20H,3-5,8-9,15-19,21-22H2,1-2H3. The van der Waals surface area contributed by atoms with Gasteiger partial charge in [-0.1, -0.05) is 56.3 Å². The highest BCUT2D eigenvalue weighted by Crippen LogP contribution is 2.27. The molecular formula is C30H38N4. The van der Waals surface area contributed by atoms with Crippen LogP contribution in [0.4, 0.5) is 5.82 Å². The number of aryl methyl sites for hydroxylation is 2. The summed E-state index contributed by atoms with van der Waals surface area (Å²) in [6.07, 6.45) is 10.0. The van der Waals surface area contributed by atoms with Crippen molar-refractivity contribution in [3.8, 4) is 0 Å². The van der Waals surface area contributed by atoms with Crippen molar-refractivity contribution in [1.29, 1.82) is 0 Å². The molecule has 0 aliphatic carbocycles. The lowest BCUT2D eigenvalue weighted by Crippen LogP contribution is -2.34. The molecule has 3 heterocycles. The minimum Gasteiger partial charge on any atom is -0.356 e. The van der Waals surface area contributed by atoms with E-state index in [9.17, 15) is 0 Å². The summed E-state index contributed by atoms with van der Waals surface area (Å²) in [4.78, 5) is 15.3. The number of aromatic nitrogens is 2. The first-order valence-electron chi connectivity index (χ1n) is 13.2. The third-order valence-electron chi connectivity index (χ3n) is 7.62. The maximum Gasteiger partial charge on any atom is 0.136 e. The lowest BCUT2D eigenvalue weighted by Gasteiger charge is -2.32. The summed E-state index contributed by atoms with van der Waals surface area (Å²) in [6, 6.07) is 15.6. The molecule has 5 rings (SSSR count). The first kappa shape index (κ1) is 23.0. The molecule has 2 aliphatic rings. The second-order valence-electron chi connectivity index (χ2n) is 9.85. The predicted molar refractivity (Wildman–Crippen MR) is 140 cm³/mol. The third-order valence-corrected chi connectivity index (χ3v) is 7.62. The highest BCUT2D eigenvalue weighted by Gasteiger charge is 2.22. The Morgan fingerprint density at radius 1 is 0.794 bits per heavy atom. The lowest BCUT2D eigenvalue weighted by atomic mass is 9.95. The summed E-state index contributed by atoms with van der Waals surface area (Å²) in [5, 5.41) is 0. The van der Waals surface area contributed by atoms with Crippen molar-refractivity contribution in [2.45, 2.75) is 71.9 Å². The SMILES string of the molecule is CCc1cccc(CC)c1Cc1ncc(CN2CCc3ccccc3C2)c(N2CCCCC2)n1. The first-order chi connectivity index (χ1) is 16.7. The van der Waals surface area contributed by atoms with E-state index >= 15 is 0 Å². The highest BCUT2D eigenvalue weighted by atomic mass is 15.2. The van der Waals surface area contributed by atoms with E-state index in [2.05, 4.69) is 72.3 Å². The zero-order valence-corrected chi connectivity index (χ0v) is 20.9. The van der Waals surface area contributed by atoms with Crippen LogP contribution in [0, 0.1) is 0 Å². The average Bonchev–Trinajstić information content (AvgIpc) is 2.90. The van der Waals surface area contributed by atoms with E-state index in [0.29, 0.717) is 0 Å². The van der Waals surface area contributed by atoms with Crippen LogP contribution in [0.5, 0.6) is 0 Å². The largest absolute Gasteiger partial charge is 0.356 e. The van der Waals surface area contributed by atoms with Gasteiger partial charge in [0.2, 0.25) is 0 Å². The fourth-order valence-corrected chi connectivity index (χ4v) is 5.67. The number of nitrogens with zero attached hydrogens (tertiary/aromatic N) is 4. The Labute approximate surface area is 205 Å². The molecule has 0 radical (unpaired) electrons. The van der Waals surface area contributed by atoms with Crippen molar-refractivity contribution in [1.82, 2.24) is 14.9 Å². The van der Waals surface area contributed by atoms with E-state index < -0.39 is 0 Å². The van der Waals surface area contributed by atoms with Gasteiger partial charge in [0.15, 0.2) is 0 Å². The molecule has 0 spiro atoms. The van der Waals surface area contributed by atoms with Gasteiger partial charge in [-0.15, -0.1) is 0 Å². The molecule has 2 aromatic carbocycles. The number of hydrogen-bond acceptors (Lipinski definition) is 4. The molecular weight excluding hydrogens is 416 g/mol. The molecule has 1 saturated heterocycles. The average molecular weight is 455 g/mol. The van der Waals surface area contributed by atoms with E-state index in [1.54, 1.807) is 0 Å². The third kappa shape index (κ3) is 5.02. The number of hydrogen-bond donors (Lipinski definition) is 0. The van der Waals surface area contributed by atoms with E-state index in [1.165, 1.54) is 58.5 Å². The molecule has 0 bridgehead atoms. The number of rotatable bonds is 7. The minimum absolute atomic E-state index is 0.825. The van der Waals surface area contributed by atoms with E-state index in [-0.39, 0.29) is 0 Å². The van der Waals surface area contributed by atoms with Gasteiger partial charge in [0.25, 0.3) is 0 Å². The fraction of sp³-hybridized carbons (Fsp3) is 0.467. The van der Waals surface area contributed by atoms with Crippen LogP contribution in [0.1, 0.15) is 72.3 Å². The number of fused-ring (bicyclic) bond motifs is 1. The molecule has 4 heteroatoms. The Morgan fingerprint density at radius 3 is 2.26 bits per heavy atom. The molecule has 1 aromatic heterocycles. The van der Waals surface area contributed by atoms with Gasteiger partial charge >= 0.3 is 0 Å². The van der Waals surface area contributed by atoms with Crippen molar-refractivity contribution in [3.05, 3.63) is 87.9 Å². The molecule has 1 fully saturated rings. The number of benzene rings is 2. The summed E-state index contributed by atoms with van der Waals surface area (Å²) in [5.41, 5.74) is 8.54. The lowest BCUT2D eigenvalue weighted by molar-refractivity contribution is 0.245. The molecule has 3 aromatic rings. The molecule has 0 atom stereocenters. The quantitative estimate of drug-likeness (QED) is 0.456. The maximum absolute atomic E-state index is 5.24. The Morgan fingerprint density at radius 2 is 1.53 bits per heavy atom. The van der Waals surface area contributed by atoms with Crippen molar-refractivity contribution in [2.75, 3.05) is 24.5 Å². The predicted octanol–water partition coefficient (Wildman–Crippen LogP) is 5.74. The van der Waals surface area contributed by atoms with Crippen LogP contribution in [-0.4, -0.2) is 34.5 Å². The molecule has 4 nitrogen and oxygen atoms in total. The van der Waals surface area contributed by atoms with Gasteiger partial charge in [-0.2, -0.15) is 0 Å². The molecule has 178 valence electrons. The smallest absolute Gasteiger partial charge is 0.136 e. The van der Waals surface area contributed by atoms with Crippen LogP contribution >= 0.6 is 0 Å². The van der Waals surface area contributed by atoms with Gasteiger partial charge in [-0.25, -0.2) is 9.97 Å². The molecule has 0 saturated carbocycles. The summed E-state index contributed by atoms with van der Waals surface area (Å²) in [5.74, 6) is 2.14. The van der Waals surface area contributed by atoms with Crippen molar-refractivity contribution >= 4 is 5.82 Å². The highest BCUT2D eigenvalue weighted by molar-refractivity contribution is 5.47. The number of piperidine rings is 1. The van der Waals surface area contributed by atoms with Gasteiger partial charge in [0.1, 0.15) is 11.6 Å². The van der Waals surface area contributed by atoms with Crippen LogP contribution in [0.25, 0.3) is 0 Å². The van der Waals surface area contributed by atoms with Crippen LogP contribution in [0.3, 0.4) is 0 Å². The fourth-order valence-electron chi connectivity index (χ4n) is 5.67. The van der Waals surface area contributed by atoms with Gasteiger partial charge in [0.05, 0.1) is 0 Å². The van der Waals surface area contributed by atoms with Crippen molar-refractivity contribution < 1.29 is 0 Å². The van der Waals surface area contributed by atoms with Gasteiger partial charge in [-0.05, 0) is 66.3 Å². The molecule has 34 heavy (non-hydrogen) atoms. The summed E-state index contributed by atoms with van der Waals surface area (Å²) < 4.78 is 0. The van der Waals surface area contributed by atoms with Gasteiger partial charge < -0.3 is 4.90 Å². The molecule has 0 amide bonds. The van der Waals surface area contributed by atoms with Crippen LogP contribution in [0.2, 0.25) is 0 Å². The zero-order chi connectivity index (χ0) is 23.3. The van der Waals surface area contributed by atoms with Gasteiger partial charge in [-0.3, -0.25) is 4.90 Å². The van der Waals surface area contributed by atoms with E-state index in [0.717, 1.165) is 64.2 Å². The first-order valence-corrected chi connectivity index (χ1v) is 13.2. The van der Waals surface area contributed by atoms with Crippen LogP contribution < -0.4 is 4.90 Å². The monoisotopic (exact) mass is 454 g/mol. The van der Waals surface area contributed by atoms with Gasteiger partial charge in [0, 0.05) is 50.9 Å². The van der Waals surface area contributed by atoms with Crippen molar-refractivity contribution in [2.24, 2.45) is 0 Å². The van der Waals surface area contributed by atoms with Crippen molar-refractivity contribution in [3.63, 3.8) is 0 Å². The summed E-state index contributed by atoms with van der Waals surface area (Å²) in [6.45, 7) is 9.75. The van der Waals surface area contributed by atoms with Crippen LogP contribution in [-0.2, 0) is 38.8 Å². The Balaban J connectivity index is 1.43. The minimum atomic E-state index is 0.825. The second kappa shape index (κ2) is 10.7. The molecule has 2 aliphatic heterocycles. The Hall–Kier alpha value is -2.72. The Kier molecular flexibility index (Phi) is 7.24.